The van der Waals surface area contributed by atoms with Crippen molar-refractivity contribution in [1.29, 1.82) is 0 Å². The van der Waals surface area contributed by atoms with E-state index in [1.807, 2.05) is 30.5 Å². The summed E-state index contributed by atoms with van der Waals surface area (Å²) in [6.07, 6.45) is 8.66. The van der Waals surface area contributed by atoms with E-state index in [4.69, 9.17) is 4.74 Å². The Morgan fingerprint density at radius 2 is 1.68 bits per heavy atom. The number of H-pyrrole nitrogens is 1. The molecule has 0 radical (unpaired) electrons. The van der Waals surface area contributed by atoms with E-state index in [0.29, 0.717) is 10.9 Å². The van der Waals surface area contributed by atoms with Crippen LogP contribution in [-0.2, 0) is 28.4 Å². The molecule has 3 heterocycles. The molecule has 2 aromatic heterocycles. The molecular formula is C31H34N4O2S. The van der Waals surface area contributed by atoms with Crippen molar-refractivity contribution < 1.29 is 8.95 Å². The molecule has 1 aliphatic heterocycles. The van der Waals surface area contributed by atoms with Gasteiger partial charge in [0, 0.05) is 51.5 Å². The van der Waals surface area contributed by atoms with E-state index >= 15 is 0 Å². The molecular weight excluding hydrogens is 492 g/mol. The van der Waals surface area contributed by atoms with Gasteiger partial charge in [-0.1, -0.05) is 30.3 Å². The number of hydrogen-bond donors (Lipinski definition) is 1. The van der Waals surface area contributed by atoms with Crippen LogP contribution in [0.2, 0.25) is 0 Å². The number of aromatic amines is 1. The minimum atomic E-state index is -0.891. The molecule has 4 aromatic rings. The van der Waals surface area contributed by atoms with Crippen molar-refractivity contribution in [2.45, 2.75) is 61.1 Å². The summed E-state index contributed by atoms with van der Waals surface area (Å²) in [5.74, 6) is 0. The number of rotatable bonds is 5. The number of aryl methyl sites for hydroxylation is 2. The summed E-state index contributed by atoms with van der Waals surface area (Å²) in [5.41, 5.74) is 8.19. The lowest BCUT2D eigenvalue weighted by Crippen LogP contribution is -2.51. The van der Waals surface area contributed by atoms with Crippen molar-refractivity contribution >= 4 is 21.8 Å². The fourth-order valence-corrected chi connectivity index (χ4v) is 7.50. The molecule has 2 unspecified atom stereocenters. The van der Waals surface area contributed by atoms with Crippen LogP contribution in [0.5, 0.6) is 0 Å². The Labute approximate surface area is 226 Å². The Bertz CT molecular complexity index is 1500. The smallest absolute Gasteiger partial charge is 0.181 e. The predicted molar refractivity (Wildman–Crippen MR) is 152 cm³/mol. The van der Waals surface area contributed by atoms with Crippen molar-refractivity contribution in [3.8, 4) is 22.4 Å². The second-order valence-corrected chi connectivity index (χ2v) is 13.0. The first-order valence-electron chi connectivity index (χ1n) is 13.9. The molecule has 7 heteroatoms. The molecule has 3 aliphatic rings. The van der Waals surface area contributed by atoms with Crippen LogP contribution in [0.15, 0.2) is 59.6 Å². The van der Waals surface area contributed by atoms with Crippen molar-refractivity contribution in [3.63, 3.8) is 0 Å². The van der Waals surface area contributed by atoms with Gasteiger partial charge in [0.05, 0.1) is 29.7 Å². The van der Waals surface area contributed by atoms with E-state index in [0.717, 1.165) is 79.1 Å². The molecule has 1 N–H and O–H groups in total. The minimum Gasteiger partial charge on any atom is -0.379 e. The SMILES string of the molecule is CC1(N2CCOCC2)CCc2ccc(-c3cnc4n[nH]c(-c5ccc(S(=O)C6CC6)cc5)c4c3)cc2CC1. The van der Waals surface area contributed by atoms with Gasteiger partial charge in [0.1, 0.15) is 0 Å². The molecule has 2 fully saturated rings. The van der Waals surface area contributed by atoms with Crippen molar-refractivity contribution in [2.24, 2.45) is 0 Å². The van der Waals surface area contributed by atoms with E-state index in [-0.39, 0.29) is 5.54 Å². The first-order valence-corrected chi connectivity index (χ1v) is 15.1. The van der Waals surface area contributed by atoms with Crippen LogP contribution in [0.1, 0.15) is 43.7 Å². The van der Waals surface area contributed by atoms with Gasteiger partial charge in [0.15, 0.2) is 5.65 Å². The molecule has 0 bridgehead atoms. The van der Waals surface area contributed by atoms with Crippen molar-refractivity contribution in [1.82, 2.24) is 20.1 Å². The van der Waals surface area contributed by atoms with Gasteiger partial charge < -0.3 is 4.74 Å². The zero-order valence-electron chi connectivity index (χ0n) is 21.9. The maximum absolute atomic E-state index is 12.5. The lowest BCUT2D eigenvalue weighted by molar-refractivity contribution is -0.0215. The summed E-state index contributed by atoms with van der Waals surface area (Å²) in [5, 5.41) is 9.00. The molecule has 1 saturated carbocycles. The Kier molecular flexibility index (Phi) is 6.18. The summed E-state index contributed by atoms with van der Waals surface area (Å²) in [6.45, 7) is 6.22. The fraction of sp³-hybridized carbons (Fsp3) is 0.419. The summed E-state index contributed by atoms with van der Waals surface area (Å²) < 4.78 is 18.1. The van der Waals surface area contributed by atoms with Crippen LogP contribution in [0, 0.1) is 0 Å². The van der Waals surface area contributed by atoms with Crippen LogP contribution < -0.4 is 0 Å². The molecule has 0 amide bonds. The number of fused-ring (bicyclic) bond motifs is 2. The predicted octanol–water partition coefficient (Wildman–Crippen LogP) is 5.53. The number of hydrogen-bond acceptors (Lipinski definition) is 5. The van der Waals surface area contributed by atoms with Gasteiger partial charge in [-0.2, -0.15) is 5.10 Å². The van der Waals surface area contributed by atoms with Crippen molar-refractivity contribution in [2.75, 3.05) is 26.3 Å². The third kappa shape index (κ3) is 4.51. The maximum Gasteiger partial charge on any atom is 0.181 e. The molecule has 2 aliphatic carbocycles. The monoisotopic (exact) mass is 526 g/mol. The number of morpholine rings is 1. The van der Waals surface area contributed by atoms with Gasteiger partial charge in [-0.3, -0.25) is 14.2 Å². The van der Waals surface area contributed by atoms with E-state index in [1.165, 1.54) is 29.5 Å². The highest BCUT2D eigenvalue weighted by molar-refractivity contribution is 7.86. The van der Waals surface area contributed by atoms with E-state index in [2.05, 4.69) is 51.3 Å². The standard InChI is InChI=1S/C31H34N4O2S/c1-31(35-14-16-37-17-15-35)12-10-21-2-3-23(18-24(21)11-13-31)25-19-28-29(33-34-30(28)32-20-25)22-4-6-26(7-5-22)38(36)27-8-9-27/h2-7,18-20,27H,8-17H2,1H3,(H,32,33,34). The van der Waals surface area contributed by atoms with Gasteiger partial charge in [-0.15, -0.1) is 0 Å². The number of aromatic nitrogens is 3. The first-order chi connectivity index (χ1) is 18.6. The number of benzene rings is 2. The summed E-state index contributed by atoms with van der Waals surface area (Å²) in [7, 11) is -0.891. The molecule has 7 rings (SSSR count). The quantitative estimate of drug-likeness (QED) is 0.346. The van der Waals surface area contributed by atoms with Crippen LogP contribution in [-0.4, -0.2) is 61.4 Å². The van der Waals surface area contributed by atoms with Gasteiger partial charge in [0.25, 0.3) is 0 Å². The Morgan fingerprint density at radius 3 is 2.45 bits per heavy atom. The number of ether oxygens (including phenoxy) is 1. The van der Waals surface area contributed by atoms with Gasteiger partial charge in [0.2, 0.25) is 0 Å². The van der Waals surface area contributed by atoms with Crippen LogP contribution in [0.3, 0.4) is 0 Å². The molecule has 2 aromatic carbocycles. The molecule has 2 atom stereocenters. The Morgan fingerprint density at radius 1 is 0.947 bits per heavy atom. The van der Waals surface area contributed by atoms with Crippen LogP contribution >= 0.6 is 0 Å². The fourth-order valence-electron chi connectivity index (χ4n) is 6.14. The van der Waals surface area contributed by atoms with E-state index in [1.54, 1.807) is 0 Å². The Balaban J connectivity index is 1.16. The third-order valence-electron chi connectivity index (χ3n) is 8.79. The number of pyridine rings is 1. The molecule has 6 nitrogen and oxygen atoms in total. The van der Waals surface area contributed by atoms with Crippen LogP contribution in [0.25, 0.3) is 33.4 Å². The lowest BCUT2D eigenvalue weighted by Gasteiger charge is -2.43. The summed E-state index contributed by atoms with van der Waals surface area (Å²) >= 11 is 0. The normalized spacial score (nSPS) is 23.2. The van der Waals surface area contributed by atoms with E-state index < -0.39 is 10.8 Å². The van der Waals surface area contributed by atoms with Gasteiger partial charge >= 0.3 is 0 Å². The summed E-state index contributed by atoms with van der Waals surface area (Å²) in [4.78, 5) is 8.25. The minimum absolute atomic E-state index is 0.232. The number of nitrogens with one attached hydrogen (secondary N) is 1. The number of nitrogens with zero attached hydrogens (tertiary/aromatic N) is 3. The maximum atomic E-state index is 12.5. The molecule has 1 saturated heterocycles. The van der Waals surface area contributed by atoms with E-state index in [9.17, 15) is 4.21 Å². The largest absolute Gasteiger partial charge is 0.379 e. The highest BCUT2D eigenvalue weighted by Gasteiger charge is 2.34. The van der Waals surface area contributed by atoms with Crippen molar-refractivity contribution in [3.05, 3.63) is 65.9 Å². The zero-order chi connectivity index (χ0) is 25.7. The molecule has 0 spiro atoms. The molecule has 38 heavy (non-hydrogen) atoms. The second kappa shape index (κ2) is 9.70. The van der Waals surface area contributed by atoms with Crippen LogP contribution in [0.4, 0.5) is 0 Å². The second-order valence-electron chi connectivity index (χ2n) is 11.3. The highest BCUT2D eigenvalue weighted by Crippen LogP contribution is 2.36. The lowest BCUT2D eigenvalue weighted by atomic mass is 9.89. The average molecular weight is 527 g/mol. The third-order valence-corrected chi connectivity index (χ3v) is 10.6. The summed E-state index contributed by atoms with van der Waals surface area (Å²) in [6, 6.07) is 17.2. The first kappa shape index (κ1) is 24.2. The average Bonchev–Trinajstić information content (AvgIpc) is 3.76. The topological polar surface area (TPSA) is 71.1 Å². The van der Waals surface area contributed by atoms with Gasteiger partial charge in [-0.25, -0.2) is 4.98 Å². The molecule has 196 valence electrons. The van der Waals surface area contributed by atoms with Gasteiger partial charge in [-0.05, 0) is 80.3 Å². The Hall–Kier alpha value is -2.87. The highest BCUT2D eigenvalue weighted by atomic mass is 32.2. The zero-order valence-corrected chi connectivity index (χ0v) is 22.7.